The number of benzene rings is 1. The van der Waals surface area contributed by atoms with Gasteiger partial charge in [-0.3, -0.25) is 9.59 Å². The molecule has 0 heterocycles. The number of amides is 1. The number of rotatable bonds is 5. The standard InChI is InChI=1S/C16H21NO5/c1-9-10(2)15(22-12(4)19)7-6-13(9)8-14(16(20)21-5)17-11(3)18/h6-7,14H,8H2,1-5H3,(H,17,18)/t14-/m0/s1. The molecule has 0 unspecified atom stereocenters. The van der Waals surface area contributed by atoms with Gasteiger partial charge in [-0.15, -0.1) is 0 Å². The fraction of sp³-hybridized carbons (Fsp3) is 0.438. The van der Waals surface area contributed by atoms with E-state index in [2.05, 4.69) is 5.32 Å². The average molecular weight is 307 g/mol. The smallest absolute Gasteiger partial charge is 0.328 e. The molecule has 22 heavy (non-hydrogen) atoms. The first-order valence-corrected chi connectivity index (χ1v) is 6.88. The van der Waals surface area contributed by atoms with Crippen LogP contribution in [0.2, 0.25) is 0 Å². The first-order chi connectivity index (χ1) is 10.3. The number of nitrogens with one attached hydrogen (secondary N) is 1. The van der Waals surface area contributed by atoms with Gasteiger partial charge < -0.3 is 14.8 Å². The largest absolute Gasteiger partial charge is 0.467 e. The van der Waals surface area contributed by atoms with E-state index in [-0.39, 0.29) is 11.9 Å². The summed E-state index contributed by atoms with van der Waals surface area (Å²) in [5.41, 5.74) is 2.59. The number of carbonyl (C=O) groups excluding carboxylic acids is 3. The Morgan fingerprint density at radius 3 is 2.27 bits per heavy atom. The highest BCUT2D eigenvalue weighted by atomic mass is 16.5. The molecule has 1 aromatic carbocycles. The summed E-state index contributed by atoms with van der Waals surface area (Å²) in [7, 11) is 1.28. The molecule has 1 rings (SSSR count). The van der Waals surface area contributed by atoms with E-state index in [1.54, 1.807) is 12.1 Å². The second-order valence-electron chi connectivity index (χ2n) is 5.05. The molecule has 0 fully saturated rings. The van der Waals surface area contributed by atoms with Crippen molar-refractivity contribution in [3.63, 3.8) is 0 Å². The van der Waals surface area contributed by atoms with Gasteiger partial charge in [0.2, 0.25) is 5.91 Å². The van der Waals surface area contributed by atoms with Gasteiger partial charge in [-0.1, -0.05) is 6.07 Å². The third kappa shape index (κ3) is 4.58. The maximum absolute atomic E-state index is 11.8. The van der Waals surface area contributed by atoms with E-state index in [0.717, 1.165) is 16.7 Å². The summed E-state index contributed by atoms with van der Waals surface area (Å²) in [6.45, 7) is 6.40. The number of ether oxygens (including phenoxy) is 2. The van der Waals surface area contributed by atoms with Crippen LogP contribution in [0.3, 0.4) is 0 Å². The Balaban J connectivity index is 3.05. The Morgan fingerprint density at radius 2 is 1.77 bits per heavy atom. The van der Waals surface area contributed by atoms with Crippen LogP contribution in [0.5, 0.6) is 5.75 Å². The summed E-state index contributed by atoms with van der Waals surface area (Å²) in [4.78, 5) is 34.0. The van der Waals surface area contributed by atoms with E-state index in [1.165, 1.54) is 21.0 Å². The summed E-state index contributed by atoms with van der Waals surface area (Å²) in [6, 6.07) is 2.71. The van der Waals surface area contributed by atoms with Gasteiger partial charge in [0.25, 0.3) is 0 Å². The summed E-state index contributed by atoms with van der Waals surface area (Å²) < 4.78 is 9.83. The van der Waals surface area contributed by atoms with Gasteiger partial charge in [-0.2, -0.15) is 0 Å². The van der Waals surface area contributed by atoms with Crippen LogP contribution < -0.4 is 10.1 Å². The van der Waals surface area contributed by atoms with E-state index in [0.29, 0.717) is 12.2 Å². The number of methoxy groups -OCH3 is 1. The minimum atomic E-state index is -0.750. The molecule has 0 saturated heterocycles. The number of esters is 2. The molecule has 120 valence electrons. The van der Waals surface area contributed by atoms with Crippen LogP contribution in [0.1, 0.15) is 30.5 Å². The monoisotopic (exact) mass is 307 g/mol. The van der Waals surface area contributed by atoms with E-state index < -0.39 is 12.0 Å². The lowest BCUT2D eigenvalue weighted by Crippen LogP contribution is -2.42. The Bertz CT molecular complexity index is 594. The van der Waals surface area contributed by atoms with Crippen molar-refractivity contribution in [2.45, 2.75) is 40.2 Å². The van der Waals surface area contributed by atoms with Crippen molar-refractivity contribution in [1.29, 1.82) is 0 Å². The predicted octanol–water partition coefficient (Wildman–Crippen LogP) is 1.45. The molecule has 1 N–H and O–H groups in total. The lowest BCUT2D eigenvalue weighted by Gasteiger charge is -2.18. The molecule has 0 aliphatic heterocycles. The number of carbonyl (C=O) groups is 3. The zero-order chi connectivity index (χ0) is 16.9. The van der Waals surface area contributed by atoms with E-state index in [9.17, 15) is 14.4 Å². The van der Waals surface area contributed by atoms with E-state index >= 15 is 0 Å². The van der Waals surface area contributed by atoms with Crippen LogP contribution >= 0.6 is 0 Å². The van der Waals surface area contributed by atoms with Gasteiger partial charge >= 0.3 is 11.9 Å². The Labute approximate surface area is 129 Å². The fourth-order valence-corrected chi connectivity index (χ4v) is 2.14. The maximum atomic E-state index is 11.8. The lowest BCUT2D eigenvalue weighted by atomic mass is 9.96. The highest BCUT2D eigenvalue weighted by molar-refractivity contribution is 5.83. The van der Waals surface area contributed by atoms with Crippen LogP contribution in [-0.4, -0.2) is 31.0 Å². The molecule has 1 atom stereocenters. The van der Waals surface area contributed by atoms with Crippen LogP contribution in [0.4, 0.5) is 0 Å². The molecular formula is C16H21NO5. The van der Waals surface area contributed by atoms with Gasteiger partial charge in [0, 0.05) is 20.3 Å². The average Bonchev–Trinajstić information content (AvgIpc) is 2.44. The molecule has 0 bridgehead atoms. The van der Waals surface area contributed by atoms with Gasteiger partial charge in [-0.05, 0) is 36.6 Å². The minimum absolute atomic E-state index is 0.304. The Morgan fingerprint density at radius 1 is 1.14 bits per heavy atom. The molecule has 0 radical (unpaired) electrons. The third-order valence-electron chi connectivity index (χ3n) is 3.39. The molecule has 0 aliphatic rings. The third-order valence-corrected chi connectivity index (χ3v) is 3.39. The first-order valence-electron chi connectivity index (χ1n) is 6.88. The maximum Gasteiger partial charge on any atom is 0.328 e. The summed E-state index contributed by atoms with van der Waals surface area (Å²) in [5, 5.41) is 2.57. The van der Waals surface area contributed by atoms with Gasteiger partial charge in [-0.25, -0.2) is 4.79 Å². The van der Waals surface area contributed by atoms with Crippen LogP contribution in [0.25, 0.3) is 0 Å². The topological polar surface area (TPSA) is 81.7 Å². The van der Waals surface area contributed by atoms with Gasteiger partial charge in [0.05, 0.1) is 7.11 Å². The van der Waals surface area contributed by atoms with Crippen molar-refractivity contribution in [2.75, 3.05) is 7.11 Å². The summed E-state index contributed by atoms with van der Waals surface area (Å²) >= 11 is 0. The van der Waals surface area contributed by atoms with E-state index in [1.807, 2.05) is 13.8 Å². The van der Waals surface area contributed by atoms with Crippen LogP contribution in [-0.2, 0) is 25.5 Å². The van der Waals surface area contributed by atoms with Crippen molar-refractivity contribution in [3.05, 3.63) is 28.8 Å². The second kappa shape index (κ2) is 7.59. The highest BCUT2D eigenvalue weighted by Crippen LogP contribution is 2.25. The lowest BCUT2D eigenvalue weighted by molar-refractivity contribution is -0.144. The Hall–Kier alpha value is -2.37. The Kier molecular flexibility index (Phi) is 6.10. The van der Waals surface area contributed by atoms with Crippen molar-refractivity contribution in [1.82, 2.24) is 5.32 Å². The quantitative estimate of drug-likeness (QED) is 0.657. The molecule has 6 nitrogen and oxygen atoms in total. The molecule has 0 aliphatic carbocycles. The summed E-state index contributed by atoms with van der Waals surface area (Å²) in [5.74, 6) is -0.707. The second-order valence-corrected chi connectivity index (χ2v) is 5.05. The van der Waals surface area contributed by atoms with Crippen molar-refractivity contribution >= 4 is 17.8 Å². The molecule has 0 aromatic heterocycles. The fourth-order valence-electron chi connectivity index (χ4n) is 2.14. The SMILES string of the molecule is COC(=O)[C@H](Cc1ccc(OC(C)=O)c(C)c1C)NC(C)=O. The van der Waals surface area contributed by atoms with Gasteiger partial charge in [0.1, 0.15) is 11.8 Å². The van der Waals surface area contributed by atoms with Crippen molar-refractivity contribution < 1.29 is 23.9 Å². The van der Waals surface area contributed by atoms with Crippen LogP contribution in [0.15, 0.2) is 12.1 Å². The van der Waals surface area contributed by atoms with Gasteiger partial charge in [0.15, 0.2) is 0 Å². The number of hydrogen-bond donors (Lipinski definition) is 1. The highest BCUT2D eigenvalue weighted by Gasteiger charge is 2.22. The molecule has 1 amide bonds. The molecule has 1 aromatic rings. The molecule has 6 heteroatoms. The molecule has 0 spiro atoms. The molecule has 0 saturated carbocycles. The normalized spacial score (nSPS) is 11.5. The van der Waals surface area contributed by atoms with E-state index in [4.69, 9.17) is 9.47 Å². The zero-order valence-corrected chi connectivity index (χ0v) is 13.5. The molecular weight excluding hydrogens is 286 g/mol. The van der Waals surface area contributed by atoms with Crippen molar-refractivity contribution in [3.8, 4) is 5.75 Å². The van der Waals surface area contributed by atoms with Crippen molar-refractivity contribution in [2.24, 2.45) is 0 Å². The minimum Gasteiger partial charge on any atom is -0.467 e. The van der Waals surface area contributed by atoms with Crippen LogP contribution in [0, 0.1) is 13.8 Å². The number of hydrogen-bond acceptors (Lipinski definition) is 5. The first kappa shape index (κ1) is 17.7. The zero-order valence-electron chi connectivity index (χ0n) is 13.5. The predicted molar refractivity (Wildman–Crippen MR) is 80.5 cm³/mol. The summed E-state index contributed by atoms with van der Waals surface area (Å²) in [6.07, 6.45) is 0.305.